The molecule has 8 aromatic rings. The minimum atomic E-state index is -1.88. The molecule has 0 aromatic heterocycles. The standard InChI is InChI=1S/C104H156Si13/c1-17-93(109(9)77-85-53-33-25-34-54-85)101(94(18-2)110(10)78-86-55-35-26-36-56-86)105-69-49-73-117(74-50-70-106-102(95(19-3)111(11)79-87-57-37-27-38-58-87)96(20-4)112(12)80-88-59-39-28-40-60-88,75-51-71-107-103(97(21-5)113(13)81-89-61-41-29-42-62-89)98(22-6)114(14)82-90-63-43-30-44-64-90)76-52-72-108-104(99(23-7)115(15)83-91-65-45-31-46-66-91)100(24-8)116(16)84-92-67-47-32-48-68-92/h25-48,53-68,93-104H,17-24,49-52,69-84H2,1-16H3. The molecule has 0 amide bonds. The first-order chi connectivity index (χ1) is 57.0. The maximum absolute atomic E-state index is 2.78. The Morgan fingerprint density at radius 1 is 0.197 bits per heavy atom. The first-order valence-electron chi connectivity index (χ1n) is 46.8. The third kappa shape index (κ3) is 32.9. The van der Waals surface area contributed by atoms with Crippen molar-refractivity contribution in [3.63, 3.8) is 0 Å². The van der Waals surface area contributed by atoms with Crippen LogP contribution in [0.3, 0.4) is 0 Å². The van der Waals surface area contributed by atoms with Gasteiger partial charge in [0.15, 0.2) is 0 Å². The predicted octanol–water partition coefficient (Wildman–Crippen LogP) is 30.1. The molecule has 624 valence electrons. The van der Waals surface area contributed by atoms with Gasteiger partial charge in [0.05, 0.1) is 78.4 Å². The van der Waals surface area contributed by atoms with E-state index in [2.05, 4.69) is 350 Å². The second-order valence-electron chi connectivity index (χ2n) is 36.0. The summed E-state index contributed by atoms with van der Waals surface area (Å²) in [5.74, 6) is 0. The molecule has 8 rings (SSSR count). The summed E-state index contributed by atoms with van der Waals surface area (Å²) in [5.41, 5.74) is 22.9. The summed E-state index contributed by atoms with van der Waals surface area (Å²) in [6.07, 6.45) is 16.7. The minimum Gasteiger partial charge on any atom is -0.0706 e. The van der Waals surface area contributed by atoms with Crippen molar-refractivity contribution in [1.82, 2.24) is 0 Å². The molecular weight excluding hydrogens is 1610 g/mol. The minimum absolute atomic E-state index is 0.651. The van der Waals surface area contributed by atoms with E-state index >= 15 is 0 Å². The molecule has 8 unspecified atom stereocenters. The highest BCUT2D eigenvalue weighted by Crippen LogP contribution is 2.51. The largest absolute Gasteiger partial charge is 0.0706 e. The Hall–Kier alpha value is -3.42. The Morgan fingerprint density at radius 3 is 0.427 bits per heavy atom. The Kier molecular flexibility index (Phi) is 47.2. The van der Waals surface area contributed by atoms with Gasteiger partial charge in [-0.05, 0) is 115 Å². The lowest BCUT2D eigenvalue weighted by atomic mass is 10.1. The molecule has 0 fully saturated rings. The van der Waals surface area contributed by atoms with Gasteiger partial charge in [0, 0.05) is 38.1 Å². The highest BCUT2D eigenvalue weighted by Gasteiger charge is 2.42. The van der Waals surface area contributed by atoms with Crippen molar-refractivity contribution in [2.75, 3.05) is 0 Å². The number of rotatable bonds is 60. The highest BCUT2D eigenvalue weighted by atomic mass is 28.3. The van der Waals surface area contributed by atoms with Gasteiger partial charge in [0.25, 0.3) is 0 Å². The summed E-state index contributed by atoms with van der Waals surface area (Å²) in [6, 6.07) is 117. The molecule has 0 bridgehead atoms. The van der Waals surface area contributed by atoms with Crippen LogP contribution >= 0.6 is 0 Å². The molecular formula is C104H156Si13. The highest BCUT2D eigenvalue weighted by molar-refractivity contribution is 6.80. The summed E-state index contributed by atoms with van der Waals surface area (Å²) in [5, 5.41) is 0. The molecule has 0 saturated carbocycles. The zero-order chi connectivity index (χ0) is 83.6. The van der Waals surface area contributed by atoms with E-state index in [4.69, 9.17) is 0 Å². The van der Waals surface area contributed by atoms with Crippen LogP contribution < -0.4 is 0 Å². The fourth-order valence-electron chi connectivity index (χ4n) is 21.6. The van der Waals surface area contributed by atoms with E-state index in [-0.39, 0.29) is 0 Å². The average Bonchev–Trinajstić information content (AvgIpc) is 0.877. The van der Waals surface area contributed by atoms with E-state index in [1.54, 1.807) is 68.7 Å². The van der Waals surface area contributed by atoms with Gasteiger partial charge >= 0.3 is 0 Å². The van der Waals surface area contributed by atoms with E-state index in [1.165, 1.54) is 150 Å². The summed E-state index contributed by atoms with van der Waals surface area (Å²) in [4.78, 5) is 0. The molecule has 8 aromatic carbocycles. The van der Waals surface area contributed by atoms with Crippen LogP contribution in [-0.4, -0.2) is 117 Å². The van der Waals surface area contributed by atoms with Crippen molar-refractivity contribution < 1.29 is 0 Å². The van der Waals surface area contributed by atoms with Crippen molar-refractivity contribution in [3.8, 4) is 0 Å². The smallest absolute Gasteiger partial charge is 0.0535 e. The van der Waals surface area contributed by atoms with Gasteiger partial charge in [-0.25, -0.2) is 0 Å². The summed E-state index contributed by atoms with van der Waals surface area (Å²) in [7, 11) is -2.76. The molecule has 0 aliphatic rings. The second-order valence-corrected chi connectivity index (χ2v) is 69.6. The quantitative estimate of drug-likeness (QED) is 0.0263. The topological polar surface area (TPSA) is 0 Å². The van der Waals surface area contributed by atoms with E-state index in [9.17, 15) is 0 Å². The lowest BCUT2D eigenvalue weighted by molar-refractivity contribution is 0.619. The predicted molar refractivity (Wildman–Crippen MR) is 547 cm³/mol. The van der Waals surface area contributed by atoms with Gasteiger partial charge in [-0.3, -0.25) is 0 Å². The molecule has 0 aliphatic carbocycles. The Morgan fingerprint density at radius 2 is 0.316 bits per heavy atom. The Bertz CT molecular complexity index is 3050. The van der Waals surface area contributed by atoms with E-state index < -0.39 is 78.4 Å². The van der Waals surface area contributed by atoms with Gasteiger partial charge < -0.3 is 0 Å². The van der Waals surface area contributed by atoms with Crippen LogP contribution in [0.1, 0.15) is 177 Å². The molecule has 117 heavy (non-hydrogen) atoms. The summed E-state index contributed by atoms with van der Waals surface area (Å²) in [6.45, 7) is 43.2. The van der Waals surface area contributed by atoms with Crippen LogP contribution in [0.5, 0.6) is 0 Å². The van der Waals surface area contributed by atoms with Crippen molar-refractivity contribution in [2.24, 2.45) is 0 Å². The van der Waals surface area contributed by atoms with Crippen LogP contribution in [0, 0.1) is 0 Å². The number of hydrogen-bond donors (Lipinski definition) is 0. The number of hydrogen-bond acceptors (Lipinski definition) is 0. The van der Waals surface area contributed by atoms with Crippen molar-refractivity contribution in [1.29, 1.82) is 0 Å². The summed E-state index contributed by atoms with van der Waals surface area (Å²) >= 11 is 0. The normalized spacial score (nSPS) is 15.9. The van der Waals surface area contributed by atoms with E-state index in [1.807, 2.05) is 0 Å². The molecule has 0 saturated heterocycles. The zero-order valence-corrected chi connectivity index (χ0v) is 89.3. The van der Waals surface area contributed by atoms with Crippen LogP contribution in [0.25, 0.3) is 0 Å². The van der Waals surface area contributed by atoms with Crippen molar-refractivity contribution >= 4 is 117 Å². The van der Waals surface area contributed by atoms with Gasteiger partial charge in [-0.15, -0.1) is 0 Å². The second kappa shape index (κ2) is 55.7. The van der Waals surface area contributed by atoms with Gasteiger partial charge in [0.1, 0.15) is 0 Å². The maximum Gasteiger partial charge on any atom is 0.0535 e. The average molecular weight is 1770 g/mol. The number of benzene rings is 8. The summed E-state index contributed by atoms with van der Waals surface area (Å²) < 4.78 is 0. The van der Waals surface area contributed by atoms with Crippen LogP contribution in [-0.2, 0) is 48.4 Å². The van der Waals surface area contributed by atoms with Crippen LogP contribution in [0.2, 0.25) is 167 Å². The first-order valence-corrected chi connectivity index (χ1v) is 73.1. The molecule has 0 nitrogen and oxygen atoms in total. The van der Waals surface area contributed by atoms with Gasteiger partial charge in [-0.1, -0.05) is 520 Å². The lowest BCUT2D eigenvalue weighted by Gasteiger charge is -2.40. The van der Waals surface area contributed by atoms with Crippen molar-refractivity contribution in [2.45, 2.75) is 348 Å². The fourth-order valence-corrected chi connectivity index (χ4v) is 67.1. The molecule has 0 N–H and O–H groups in total. The third-order valence-electron chi connectivity index (χ3n) is 27.7. The Balaban J connectivity index is 1.20. The van der Waals surface area contributed by atoms with E-state index in [0.717, 1.165) is 105 Å². The monoisotopic (exact) mass is 1770 g/mol. The lowest BCUT2D eigenvalue weighted by Crippen LogP contribution is -2.37. The van der Waals surface area contributed by atoms with Gasteiger partial charge in [0.2, 0.25) is 0 Å². The van der Waals surface area contributed by atoms with E-state index in [0.29, 0.717) is 0 Å². The SMILES string of the molecule is CCC(C([Si]CCC[Si](CCC[Si]C(C(CC)[Si](C)Cc1ccccc1)C(CC)[Si](C)Cc1ccccc1)(CCC[Si]C(C(CC)[Si](C)Cc1ccccc1)C(CC)[Si](C)Cc1ccccc1)CCC[Si]C(C(CC)[Si](C)Cc1ccccc1)C(CC)[Si](C)Cc1ccccc1)C(CC)[Si](C)Cc1ccccc1)[Si](C)Cc1ccccc1. The first kappa shape index (κ1) is 99.0. The van der Waals surface area contributed by atoms with Gasteiger partial charge in [-0.2, -0.15) is 0 Å². The molecule has 16 radical (unpaired) electrons. The van der Waals surface area contributed by atoms with Crippen molar-refractivity contribution in [3.05, 3.63) is 287 Å². The van der Waals surface area contributed by atoms with Crippen LogP contribution in [0.4, 0.5) is 0 Å². The fraction of sp³-hybridized carbons (Fsp3) is 0.538. The Labute approximate surface area is 745 Å². The molecule has 8 atom stereocenters. The molecule has 13 heteroatoms. The molecule has 0 aliphatic heterocycles. The maximum atomic E-state index is 2.78. The molecule has 0 heterocycles. The van der Waals surface area contributed by atoms with Crippen LogP contribution in [0.15, 0.2) is 243 Å². The third-order valence-corrected chi connectivity index (χ3v) is 67.7. The zero-order valence-electron chi connectivity index (χ0n) is 76.3. The molecule has 0 spiro atoms.